The van der Waals surface area contributed by atoms with Gasteiger partial charge in [0, 0.05) is 19.9 Å². The number of urea groups is 1. The smallest absolute Gasteiger partial charge is 0.406 e. The van der Waals surface area contributed by atoms with Gasteiger partial charge in [-0.2, -0.15) is 13.2 Å². The highest BCUT2D eigenvalue weighted by molar-refractivity contribution is 5.94. The number of carboxylic acids is 1. The number of alkyl halides is 3. The minimum absolute atomic E-state index is 0.102. The van der Waals surface area contributed by atoms with Crippen molar-refractivity contribution < 1.29 is 32.7 Å². The molecular formula is C10H15F3N2O4. The molecule has 0 rings (SSSR count). The van der Waals surface area contributed by atoms with E-state index in [1.807, 2.05) is 0 Å². The van der Waals surface area contributed by atoms with Crippen LogP contribution in [0.5, 0.6) is 0 Å². The summed E-state index contributed by atoms with van der Waals surface area (Å²) >= 11 is 0. The number of nitrogens with one attached hydrogen (secondary N) is 1. The number of unbranched alkanes of at least 4 members (excludes halogenated alkanes) is 1. The summed E-state index contributed by atoms with van der Waals surface area (Å²) in [6.07, 6.45) is -4.24. The van der Waals surface area contributed by atoms with Crippen LogP contribution in [0.1, 0.15) is 25.7 Å². The summed E-state index contributed by atoms with van der Waals surface area (Å²) in [6.45, 7) is -1.45. The maximum Gasteiger partial charge on any atom is 0.406 e. The van der Waals surface area contributed by atoms with Gasteiger partial charge in [0.1, 0.15) is 6.54 Å². The molecule has 3 amide bonds. The highest BCUT2D eigenvalue weighted by Crippen LogP contribution is 2.15. The largest absolute Gasteiger partial charge is 0.481 e. The first-order valence-corrected chi connectivity index (χ1v) is 5.45. The standard InChI is InChI=1S/C10H15F3N2O4/c1-15(6-10(11,12)13)9(19)14-7(16)4-2-3-5-8(17)18/h2-6H2,1H3,(H,17,18)(H,14,16,19). The third-order valence-corrected chi connectivity index (χ3v) is 2.05. The number of nitrogens with zero attached hydrogens (tertiary/aromatic N) is 1. The van der Waals surface area contributed by atoms with E-state index in [0.29, 0.717) is 4.90 Å². The van der Waals surface area contributed by atoms with Gasteiger partial charge >= 0.3 is 18.2 Å². The Morgan fingerprint density at radius 1 is 1.16 bits per heavy atom. The summed E-state index contributed by atoms with van der Waals surface area (Å²) < 4.78 is 35.9. The topological polar surface area (TPSA) is 86.7 Å². The maximum absolute atomic E-state index is 12.0. The quantitative estimate of drug-likeness (QED) is 0.721. The number of rotatable bonds is 6. The van der Waals surface area contributed by atoms with Crippen LogP contribution < -0.4 is 5.32 Å². The van der Waals surface area contributed by atoms with E-state index in [1.54, 1.807) is 5.32 Å². The zero-order valence-electron chi connectivity index (χ0n) is 10.3. The van der Waals surface area contributed by atoms with Crippen molar-refractivity contribution >= 4 is 17.9 Å². The number of amides is 3. The second-order valence-corrected chi connectivity index (χ2v) is 3.93. The van der Waals surface area contributed by atoms with Crippen LogP contribution in [0.2, 0.25) is 0 Å². The summed E-state index contributed by atoms with van der Waals surface area (Å²) in [4.78, 5) is 32.9. The van der Waals surface area contributed by atoms with Crippen molar-refractivity contribution in [3.63, 3.8) is 0 Å². The zero-order chi connectivity index (χ0) is 15.1. The summed E-state index contributed by atoms with van der Waals surface area (Å²) in [7, 11) is 0.917. The van der Waals surface area contributed by atoms with E-state index in [-0.39, 0.29) is 25.7 Å². The number of hydrogen-bond acceptors (Lipinski definition) is 3. The van der Waals surface area contributed by atoms with Crippen molar-refractivity contribution in [2.75, 3.05) is 13.6 Å². The fourth-order valence-corrected chi connectivity index (χ4v) is 1.18. The van der Waals surface area contributed by atoms with E-state index in [4.69, 9.17) is 5.11 Å². The highest BCUT2D eigenvalue weighted by atomic mass is 19.4. The Morgan fingerprint density at radius 2 is 1.68 bits per heavy atom. The number of imide groups is 1. The van der Waals surface area contributed by atoms with Crippen LogP contribution in [0.4, 0.5) is 18.0 Å². The van der Waals surface area contributed by atoms with Crippen molar-refractivity contribution in [2.45, 2.75) is 31.9 Å². The lowest BCUT2D eigenvalue weighted by Crippen LogP contribution is -2.44. The molecule has 19 heavy (non-hydrogen) atoms. The van der Waals surface area contributed by atoms with E-state index in [9.17, 15) is 27.6 Å². The van der Waals surface area contributed by atoms with E-state index < -0.39 is 30.6 Å². The Labute approximate surface area is 107 Å². The van der Waals surface area contributed by atoms with Gasteiger partial charge in [-0.05, 0) is 12.8 Å². The van der Waals surface area contributed by atoms with Gasteiger partial charge in [-0.3, -0.25) is 14.9 Å². The number of carbonyl (C=O) groups excluding carboxylic acids is 2. The van der Waals surface area contributed by atoms with Gasteiger partial charge in [0.15, 0.2) is 0 Å². The van der Waals surface area contributed by atoms with Crippen LogP contribution in [0.15, 0.2) is 0 Å². The predicted octanol–water partition coefficient (Wildman–Crippen LogP) is 1.36. The van der Waals surface area contributed by atoms with Crippen molar-refractivity contribution in [3.05, 3.63) is 0 Å². The van der Waals surface area contributed by atoms with Crippen molar-refractivity contribution in [2.24, 2.45) is 0 Å². The Morgan fingerprint density at radius 3 is 2.16 bits per heavy atom. The summed E-state index contributed by atoms with van der Waals surface area (Å²) in [5, 5.41) is 10.1. The molecule has 2 N–H and O–H groups in total. The second kappa shape index (κ2) is 7.59. The molecule has 0 aliphatic heterocycles. The van der Waals surface area contributed by atoms with Crippen molar-refractivity contribution in [1.82, 2.24) is 10.2 Å². The Kier molecular flexibility index (Phi) is 6.87. The van der Waals surface area contributed by atoms with E-state index in [0.717, 1.165) is 7.05 Å². The molecule has 9 heteroatoms. The zero-order valence-corrected chi connectivity index (χ0v) is 10.3. The molecule has 6 nitrogen and oxygen atoms in total. The highest BCUT2D eigenvalue weighted by Gasteiger charge is 2.31. The van der Waals surface area contributed by atoms with Crippen LogP contribution in [-0.2, 0) is 9.59 Å². The lowest BCUT2D eigenvalue weighted by atomic mass is 10.2. The lowest BCUT2D eigenvalue weighted by Gasteiger charge is -2.18. The van der Waals surface area contributed by atoms with Gasteiger partial charge in [-0.1, -0.05) is 0 Å². The molecule has 110 valence electrons. The van der Waals surface area contributed by atoms with E-state index in [1.165, 1.54) is 0 Å². The van der Waals surface area contributed by atoms with Crippen LogP contribution in [0, 0.1) is 0 Å². The first-order valence-electron chi connectivity index (χ1n) is 5.45. The Balaban J connectivity index is 3.92. The molecule has 0 radical (unpaired) electrons. The number of halogens is 3. The molecule has 0 heterocycles. The molecule has 0 saturated heterocycles. The normalized spacial score (nSPS) is 10.9. The molecule has 0 unspecified atom stereocenters. The van der Waals surface area contributed by atoms with Crippen LogP contribution >= 0.6 is 0 Å². The lowest BCUT2D eigenvalue weighted by molar-refractivity contribution is -0.138. The fraction of sp³-hybridized carbons (Fsp3) is 0.700. The van der Waals surface area contributed by atoms with Crippen LogP contribution in [0.3, 0.4) is 0 Å². The molecule has 0 spiro atoms. The van der Waals surface area contributed by atoms with Crippen LogP contribution in [-0.4, -0.2) is 47.7 Å². The first-order chi connectivity index (χ1) is 8.61. The molecule has 0 aromatic rings. The Hall–Kier alpha value is -1.80. The maximum atomic E-state index is 12.0. The van der Waals surface area contributed by atoms with Gasteiger partial charge in [0.2, 0.25) is 5.91 Å². The molecular weight excluding hydrogens is 269 g/mol. The van der Waals surface area contributed by atoms with Gasteiger partial charge < -0.3 is 10.0 Å². The third-order valence-electron chi connectivity index (χ3n) is 2.05. The SMILES string of the molecule is CN(CC(F)(F)F)C(=O)NC(=O)CCCCC(=O)O. The molecule has 0 aromatic carbocycles. The average molecular weight is 284 g/mol. The predicted molar refractivity (Wildman–Crippen MR) is 58.3 cm³/mol. The molecule has 0 saturated carbocycles. The number of carbonyl (C=O) groups is 3. The van der Waals surface area contributed by atoms with Gasteiger partial charge in [0.05, 0.1) is 0 Å². The third kappa shape index (κ3) is 9.86. The minimum atomic E-state index is -4.53. The van der Waals surface area contributed by atoms with Crippen molar-refractivity contribution in [1.29, 1.82) is 0 Å². The van der Waals surface area contributed by atoms with Gasteiger partial charge in [-0.25, -0.2) is 4.79 Å². The summed E-state index contributed by atoms with van der Waals surface area (Å²) in [5.74, 6) is -1.73. The molecule has 0 atom stereocenters. The molecule has 0 aliphatic rings. The number of aliphatic carboxylic acids is 1. The van der Waals surface area contributed by atoms with E-state index in [2.05, 4.69) is 0 Å². The molecule has 0 bridgehead atoms. The molecule has 0 fully saturated rings. The Bertz CT molecular complexity index is 344. The summed E-state index contributed by atoms with van der Waals surface area (Å²) in [6, 6.07) is -1.14. The van der Waals surface area contributed by atoms with E-state index >= 15 is 0 Å². The monoisotopic (exact) mass is 284 g/mol. The van der Waals surface area contributed by atoms with Crippen molar-refractivity contribution in [3.8, 4) is 0 Å². The fourth-order valence-electron chi connectivity index (χ4n) is 1.18. The number of carboxylic acid groups (broad SMARTS) is 1. The average Bonchev–Trinajstić information content (AvgIpc) is 2.21. The second-order valence-electron chi connectivity index (χ2n) is 3.93. The molecule has 0 aliphatic carbocycles. The van der Waals surface area contributed by atoms with Crippen LogP contribution in [0.25, 0.3) is 0 Å². The first kappa shape index (κ1) is 17.2. The molecule has 0 aromatic heterocycles. The van der Waals surface area contributed by atoms with Gasteiger partial charge in [0.25, 0.3) is 0 Å². The van der Waals surface area contributed by atoms with Gasteiger partial charge in [-0.15, -0.1) is 0 Å². The minimum Gasteiger partial charge on any atom is -0.481 e. The number of hydrogen-bond donors (Lipinski definition) is 2. The summed E-state index contributed by atoms with van der Waals surface area (Å²) in [5.41, 5.74) is 0.